The number of aromatic nitrogens is 1. The minimum Gasteiger partial charge on any atom is -0.480 e. The Morgan fingerprint density at radius 1 is 1.40 bits per heavy atom. The van der Waals surface area contributed by atoms with Gasteiger partial charge in [-0.3, -0.25) is 4.79 Å². The lowest BCUT2D eigenvalue weighted by Gasteiger charge is -2.32. The first-order chi connectivity index (χ1) is 11.7. The number of carbonyl (C=O) groups is 1. The maximum atomic E-state index is 12.4. The van der Waals surface area contributed by atoms with Crippen molar-refractivity contribution in [3.8, 4) is 5.88 Å². The summed E-state index contributed by atoms with van der Waals surface area (Å²) in [6.45, 7) is 3.80. The molecule has 1 unspecified atom stereocenters. The summed E-state index contributed by atoms with van der Waals surface area (Å²) >= 11 is 5.77. The van der Waals surface area contributed by atoms with Crippen molar-refractivity contribution < 1.29 is 23.1 Å². The lowest BCUT2D eigenvalue weighted by atomic mass is 10.1. The molecule has 0 aliphatic carbocycles. The first-order valence-corrected chi connectivity index (χ1v) is 9.79. The van der Waals surface area contributed by atoms with Crippen LogP contribution in [0.15, 0.2) is 18.3 Å². The molecule has 1 aliphatic rings. The molecule has 0 saturated carbocycles. The molecule has 8 nitrogen and oxygen atoms in total. The van der Waals surface area contributed by atoms with Crippen molar-refractivity contribution in [3.05, 3.63) is 23.4 Å². The molecular weight excluding hydrogens is 370 g/mol. The van der Waals surface area contributed by atoms with E-state index in [-0.39, 0.29) is 25.1 Å². The van der Waals surface area contributed by atoms with Crippen LogP contribution in [0.3, 0.4) is 0 Å². The first kappa shape index (κ1) is 19.9. The maximum absolute atomic E-state index is 12.4. The van der Waals surface area contributed by atoms with E-state index in [4.69, 9.17) is 21.4 Å². The van der Waals surface area contributed by atoms with Gasteiger partial charge >= 0.3 is 5.97 Å². The van der Waals surface area contributed by atoms with Crippen molar-refractivity contribution in [3.63, 3.8) is 0 Å². The average molecular weight is 392 g/mol. The summed E-state index contributed by atoms with van der Waals surface area (Å²) in [7, 11) is -3.86. The second-order valence-corrected chi connectivity index (χ2v) is 8.35. The molecule has 0 radical (unpaired) electrons. The molecule has 1 aliphatic heterocycles. The van der Waals surface area contributed by atoms with Crippen LogP contribution in [0.5, 0.6) is 5.88 Å². The lowest BCUT2D eigenvalue weighted by Crippen LogP contribution is -2.53. The Morgan fingerprint density at radius 3 is 2.52 bits per heavy atom. The summed E-state index contributed by atoms with van der Waals surface area (Å²) in [5.74, 6) is -1.11. The van der Waals surface area contributed by atoms with Crippen LogP contribution in [0, 0.1) is 5.92 Å². The van der Waals surface area contributed by atoms with E-state index >= 15 is 0 Å². The molecule has 0 aromatic carbocycles. The van der Waals surface area contributed by atoms with Crippen LogP contribution in [0.1, 0.15) is 26.7 Å². The highest BCUT2D eigenvalue weighted by Gasteiger charge is 2.33. The number of pyridine rings is 1. The first-order valence-electron chi connectivity index (χ1n) is 7.97. The van der Waals surface area contributed by atoms with Gasteiger partial charge in [0, 0.05) is 25.4 Å². The summed E-state index contributed by atoms with van der Waals surface area (Å²) in [6.07, 6.45) is 2.31. The van der Waals surface area contributed by atoms with Gasteiger partial charge in [-0.25, -0.2) is 4.98 Å². The zero-order chi connectivity index (χ0) is 18.6. The number of aliphatic carboxylic acids is 1. The number of hydrogen-bond acceptors (Lipinski definition) is 5. The Kier molecular flexibility index (Phi) is 6.61. The van der Waals surface area contributed by atoms with Gasteiger partial charge in [-0.1, -0.05) is 25.4 Å². The predicted octanol–water partition coefficient (Wildman–Crippen LogP) is 1.52. The minimum absolute atomic E-state index is 0.152. The van der Waals surface area contributed by atoms with E-state index in [1.807, 2.05) is 0 Å². The minimum atomic E-state index is -3.86. The number of carboxylic acid groups (broad SMARTS) is 1. The van der Waals surface area contributed by atoms with Crippen LogP contribution < -0.4 is 9.46 Å². The molecule has 10 heteroatoms. The van der Waals surface area contributed by atoms with Crippen LogP contribution in [-0.4, -0.2) is 54.0 Å². The molecule has 1 saturated heterocycles. The topological polar surface area (TPSA) is 109 Å². The van der Waals surface area contributed by atoms with E-state index in [2.05, 4.69) is 9.71 Å². The lowest BCUT2D eigenvalue weighted by molar-refractivity contribution is -0.140. The molecule has 0 spiro atoms. The van der Waals surface area contributed by atoms with E-state index in [0.29, 0.717) is 23.7 Å². The summed E-state index contributed by atoms with van der Waals surface area (Å²) in [4.78, 5) is 15.3. The molecule has 2 heterocycles. The average Bonchev–Trinajstić information content (AvgIpc) is 2.55. The fourth-order valence-corrected chi connectivity index (χ4v) is 4.15. The fraction of sp³-hybridized carbons (Fsp3) is 0.600. The number of nitrogens with one attached hydrogen (secondary N) is 1. The van der Waals surface area contributed by atoms with Crippen molar-refractivity contribution >= 4 is 27.8 Å². The van der Waals surface area contributed by atoms with Gasteiger partial charge < -0.3 is 9.84 Å². The van der Waals surface area contributed by atoms with Crippen molar-refractivity contribution in [1.82, 2.24) is 14.0 Å². The molecule has 0 amide bonds. The Morgan fingerprint density at radius 2 is 2.04 bits per heavy atom. The number of ether oxygens (including phenoxy) is 1. The van der Waals surface area contributed by atoms with E-state index in [1.165, 1.54) is 10.5 Å². The van der Waals surface area contributed by atoms with Crippen molar-refractivity contribution in [2.45, 2.75) is 38.8 Å². The normalized spacial score (nSPS) is 18.2. The summed E-state index contributed by atoms with van der Waals surface area (Å²) in [5, 5.41) is 9.66. The zero-order valence-corrected chi connectivity index (χ0v) is 15.6. The van der Waals surface area contributed by atoms with Crippen LogP contribution in [-0.2, 0) is 15.0 Å². The number of rotatable bonds is 7. The SMILES string of the molecule is CC(C)C(NS(=O)(=O)N1CCC(Oc2ccc(Cl)cn2)CC1)C(=O)O. The Hall–Kier alpha value is -1.42. The third kappa shape index (κ3) is 5.53. The van der Waals surface area contributed by atoms with Gasteiger partial charge in [0.25, 0.3) is 10.2 Å². The monoisotopic (exact) mass is 391 g/mol. The van der Waals surface area contributed by atoms with E-state index in [1.54, 1.807) is 26.0 Å². The number of piperidine rings is 1. The van der Waals surface area contributed by atoms with Gasteiger partial charge in [-0.05, 0) is 24.8 Å². The van der Waals surface area contributed by atoms with E-state index < -0.39 is 22.2 Å². The van der Waals surface area contributed by atoms with Crippen LogP contribution in [0.25, 0.3) is 0 Å². The maximum Gasteiger partial charge on any atom is 0.322 e. The van der Waals surface area contributed by atoms with Gasteiger partial charge in [0.15, 0.2) is 0 Å². The number of halogens is 1. The Balaban J connectivity index is 1.91. The van der Waals surface area contributed by atoms with Gasteiger partial charge in [-0.15, -0.1) is 0 Å². The van der Waals surface area contributed by atoms with E-state index in [9.17, 15) is 13.2 Å². The molecule has 2 N–H and O–H groups in total. The number of hydrogen-bond donors (Lipinski definition) is 2. The van der Waals surface area contributed by atoms with Gasteiger partial charge in [-0.2, -0.15) is 17.4 Å². The Bertz CT molecular complexity index is 688. The highest BCUT2D eigenvalue weighted by Crippen LogP contribution is 2.20. The molecule has 140 valence electrons. The van der Waals surface area contributed by atoms with Crippen LogP contribution in [0.4, 0.5) is 0 Å². The molecule has 1 fully saturated rings. The highest BCUT2D eigenvalue weighted by molar-refractivity contribution is 7.87. The van der Waals surface area contributed by atoms with Crippen molar-refractivity contribution in [1.29, 1.82) is 0 Å². The molecule has 0 bridgehead atoms. The van der Waals surface area contributed by atoms with Crippen molar-refractivity contribution in [2.24, 2.45) is 5.92 Å². The summed E-state index contributed by atoms with van der Waals surface area (Å²) in [5.41, 5.74) is 0. The van der Waals surface area contributed by atoms with Gasteiger partial charge in [0.05, 0.1) is 5.02 Å². The second kappa shape index (κ2) is 8.31. The molecule has 1 atom stereocenters. The largest absolute Gasteiger partial charge is 0.480 e. The van der Waals surface area contributed by atoms with Crippen molar-refractivity contribution in [2.75, 3.05) is 13.1 Å². The summed E-state index contributed by atoms with van der Waals surface area (Å²) in [6, 6.07) is 2.18. The molecular formula is C15H22ClN3O5S. The molecule has 25 heavy (non-hydrogen) atoms. The molecule has 1 aromatic heterocycles. The highest BCUT2D eigenvalue weighted by atomic mass is 35.5. The summed E-state index contributed by atoms with van der Waals surface area (Å²) < 4.78 is 34.0. The van der Waals surface area contributed by atoms with Gasteiger partial charge in [0.2, 0.25) is 5.88 Å². The van der Waals surface area contributed by atoms with E-state index in [0.717, 1.165) is 0 Å². The van der Waals surface area contributed by atoms with Crippen LogP contribution in [0.2, 0.25) is 5.02 Å². The fourth-order valence-electron chi connectivity index (χ4n) is 2.50. The quantitative estimate of drug-likeness (QED) is 0.729. The number of nitrogens with zero attached hydrogens (tertiary/aromatic N) is 2. The number of carboxylic acids is 1. The third-order valence-electron chi connectivity index (χ3n) is 3.94. The zero-order valence-electron chi connectivity index (χ0n) is 14.1. The second-order valence-electron chi connectivity index (χ2n) is 6.21. The van der Waals surface area contributed by atoms with Crippen LogP contribution >= 0.6 is 11.6 Å². The molecule has 2 rings (SSSR count). The predicted molar refractivity (Wildman–Crippen MR) is 92.8 cm³/mol. The smallest absolute Gasteiger partial charge is 0.322 e. The van der Waals surface area contributed by atoms with Gasteiger partial charge in [0.1, 0.15) is 12.1 Å². The molecule has 1 aromatic rings. The third-order valence-corrected chi connectivity index (χ3v) is 5.76. The Labute approximate surface area is 152 Å². The standard InChI is InChI=1S/C15H22ClN3O5S/c1-10(2)14(15(20)21)18-25(22,23)19-7-5-12(6-8-19)24-13-4-3-11(16)9-17-13/h3-4,9-10,12,14,18H,5-8H2,1-2H3,(H,20,21).